The van der Waals surface area contributed by atoms with E-state index < -0.39 is 0 Å². The van der Waals surface area contributed by atoms with Crippen molar-refractivity contribution in [1.29, 1.82) is 0 Å². The van der Waals surface area contributed by atoms with Crippen molar-refractivity contribution in [2.45, 2.75) is 43.9 Å². The van der Waals surface area contributed by atoms with Crippen molar-refractivity contribution < 1.29 is 0 Å². The zero-order valence-electron chi connectivity index (χ0n) is 11.5. The lowest BCUT2D eigenvalue weighted by Gasteiger charge is -2.29. The molecule has 19 heavy (non-hydrogen) atoms. The highest BCUT2D eigenvalue weighted by molar-refractivity contribution is 7.99. The van der Waals surface area contributed by atoms with Crippen LogP contribution in [0.1, 0.15) is 31.4 Å². The number of fused-ring (bicyclic) bond motifs is 1. The maximum Gasteiger partial charge on any atom is 0.152 e. The minimum atomic E-state index is 0.542. The highest BCUT2D eigenvalue weighted by Crippen LogP contribution is 2.29. The predicted molar refractivity (Wildman–Crippen MR) is 80.9 cm³/mol. The number of anilines is 1. The largest absolute Gasteiger partial charge is 0.366 e. The number of rotatable bonds is 3. The second-order valence-electron chi connectivity index (χ2n) is 5.26. The van der Waals surface area contributed by atoms with Gasteiger partial charge in [-0.1, -0.05) is 6.42 Å². The summed E-state index contributed by atoms with van der Waals surface area (Å²) in [6.45, 7) is 2.02. The van der Waals surface area contributed by atoms with Crippen LogP contribution < -0.4 is 5.32 Å². The number of aromatic nitrogens is 3. The smallest absolute Gasteiger partial charge is 0.152 e. The molecule has 3 rings (SSSR count). The number of hydrogen-bond donors (Lipinski definition) is 1. The van der Waals surface area contributed by atoms with E-state index in [0.29, 0.717) is 6.04 Å². The van der Waals surface area contributed by atoms with E-state index in [0.717, 1.165) is 22.3 Å². The highest BCUT2D eigenvalue weighted by atomic mass is 32.2. The van der Waals surface area contributed by atoms with Gasteiger partial charge in [-0.3, -0.25) is 0 Å². The Morgan fingerprint density at radius 2 is 2.32 bits per heavy atom. The molecule has 2 aromatic rings. The molecule has 2 unspecified atom stereocenters. The molecule has 1 aliphatic rings. The summed E-state index contributed by atoms with van der Waals surface area (Å²) in [5.41, 5.74) is 2.10. The van der Waals surface area contributed by atoms with Gasteiger partial charge >= 0.3 is 0 Å². The maximum atomic E-state index is 4.49. The van der Waals surface area contributed by atoms with Gasteiger partial charge in [-0.15, -0.1) is 0 Å². The number of nitrogens with one attached hydrogen (secondary N) is 1. The van der Waals surface area contributed by atoms with Crippen LogP contribution in [0.3, 0.4) is 0 Å². The second-order valence-corrected chi connectivity index (χ2v) is 6.40. The van der Waals surface area contributed by atoms with E-state index in [1.54, 1.807) is 0 Å². The Morgan fingerprint density at radius 3 is 3.16 bits per heavy atom. The minimum Gasteiger partial charge on any atom is -0.366 e. The fourth-order valence-electron chi connectivity index (χ4n) is 2.84. The lowest BCUT2D eigenvalue weighted by atomic mass is 9.95. The van der Waals surface area contributed by atoms with E-state index in [1.807, 2.05) is 35.6 Å². The first-order chi connectivity index (χ1) is 9.26. The summed E-state index contributed by atoms with van der Waals surface area (Å²) < 4.78 is 1.90. The molecule has 0 saturated heterocycles. The Labute approximate surface area is 118 Å². The second kappa shape index (κ2) is 5.41. The summed E-state index contributed by atoms with van der Waals surface area (Å²) in [7, 11) is 0. The third kappa shape index (κ3) is 2.71. The number of thioether (sulfide) groups is 1. The molecule has 0 aromatic carbocycles. The van der Waals surface area contributed by atoms with Gasteiger partial charge in [-0.2, -0.15) is 16.9 Å². The van der Waals surface area contributed by atoms with E-state index >= 15 is 0 Å². The number of nitrogens with zero attached hydrogens (tertiary/aromatic N) is 3. The maximum absolute atomic E-state index is 4.49. The molecular weight excluding hydrogens is 256 g/mol. The SMILES string of the molecule is CSC1CCCC(Nc2nccn3nc(C)cc23)C1. The van der Waals surface area contributed by atoms with Crippen molar-refractivity contribution in [2.24, 2.45) is 0 Å². The average Bonchev–Trinajstić information content (AvgIpc) is 2.80. The molecule has 2 heterocycles. The minimum absolute atomic E-state index is 0.542. The van der Waals surface area contributed by atoms with E-state index in [1.165, 1.54) is 25.7 Å². The monoisotopic (exact) mass is 276 g/mol. The van der Waals surface area contributed by atoms with Gasteiger partial charge < -0.3 is 5.32 Å². The van der Waals surface area contributed by atoms with E-state index in [9.17, 15) is 0 Å². The van der Waals surface area contributed by atoms with Gasteiger partial charge in [0.05, 0.1) is 5.69 Å². The Kier molecular flexibility index (Phi) is 3.64. The molecule has 1 fully saturated rings. The number of aryl methyl sites for hydroxylation is 1. The zero-order chi connectivity index (χ0) is 13.2. The number of hydrogen-bond acceptors (Lipinski definition) is 4. The van der Waals surface area contributed by atoms with E-state index in [4.69, 9.17) is 0 Å². The van der Waals surface area contributed by atoms with Crippen molar-refractivity contribution in [3.8, 4) is 0 Å². The van der Waals surface area contributed by atoms with Crippen molar-refractivity contribution in [2.75, 3.05) is 11.6 Å². The summed E-state index contributed by atoms with van der Waals surface area (Å²) in [5.74, 6) is 0.967. The molecule has 0 amide bonds. The highest BCUT2D eigenvalue weighted by Gasteiger charge is 2.22. The third-order valence-electron chi connectivity index (χ3n) is 3.81. The first kappa shape index (κ1) is 12.8. The van der Waals surface area contributed by atoms with Gasteiger partial charge in [0.2, 0.25) is 0 Å². The zero-order valence-corrected chi connectivity index (χ0v) is 12.3. The standard InChI is InChI=1S/C14H20N4S/c1-10-8-13-14(15-6-7-18(13)17-10)16-11-4-3-5-12(9-11)19-2/h6-8,11-12H,3-5,9H2,1-2H3,(H,15,16). The van der Waals surface area contributed by atoms with Crippen LogP contribution in [0.2, 0.25) is 0 Å². The molecule has 0 bridgehead atoms. The van der Waals surface area contributed by atoms with Crippen molar-refractivity contribution >= 4 is 23.1 Å². The molecular formula is C14H20N4S. The molecule has 1 N–H and O–H groups in total. The quantitative estimate of drug-likeness (QED) is 0.935. The molecule has 4 nitrogen and oxygen atoms in total. The van der Waals surface area contributed by atoms with E-state index in [-0.39, 0.29) is 0 Å². The molecule has 1 saturated carbocycles. The molecule has 1 aliphatic carbocycles. The van der Waals surface area contributed by atoms with Gasteiger partial charge in [-0.25, -0.2) is 9.50 Å². The molecule has 2 aromatic heterocycles. The first-order valence-corrected chi connectivity index (χ1v) is 8.15. The average molecular weight is 276 g/mol. The van der Waals surface area contributed by atoms with Crippen LogP contribution in [0.15, 0.2) is 18.5 Å². The van der Waals surface area contributed by atoms with Crippen molar-refractivity contribution in [1.82, 2.24) is 14.6 Å². The summed E-state index contributed by atoms with van der Waals surface area (Å²) in [4.78, 5) is 4.49. The van der Waals surface area contributed by atoms with Crippen LogP contribution in [0, 0.1) is 6.92 Å². The van der Waals surface area contributed by atoms with Crippen LogP contribution in [0.25, 0.3) is 5.52 Å². The van der Waals surface area contributed by atoms with Crippen LogP contribution in [0.5, 0.6) is 0 Å². The van der Waals surface area contributed by atoms with Crippen LogP contribution >= 0.6 is 11.8 Å². The molecule has 0 aliphatic heterocycles. The molecule has 0 radical (unpaired) electrons. The van der Waals surface area contributed by atoms with Crippen molar-refractivity contribution in [3.05, 3.63) is 24.2 Å². The summed E-state index contributed by atoms with van der Waals surface area (Å²) in [6.07, 6.45) is 11.1. The van der Waals surface area contributed by atoms with Crippen LogP contribution in [-0.2, 0) is 0 Å². The fourth-order valence-corrected chi connectivity index (χ4v) is 3.67. The Hall–Kier alpha value is -1.23. The van der Waals surface area contributed by atoms with Gasteiger partial charge in [0, 0.05) is 23.7 Å². The normalized spacial score (nSPS) is 23.7. The molecule has 2 atom stereocenters. The first-order valence-electron chi connectivity index (χ1n) is 6.86. The molecule has 5 heteroatoms. The van der Waals surface area contributed by atoms with Crippen LogP contribution in [-0.4, -0.2) is 32.1 Å². The van der Waals surface area contributed by atoms with Gasteiger partial charge in [0.1, 0.15) is 5.52 Å². The Morgan fingerprint density at radius 1 is 1.42 bits per heavy atom. The van der Waals surface area contributed by atoms with E-state index in [2.05, 4.69) is 27.7 Å². The summed E-state index contributed by atoms with van der Waals surface area (Å²) in [6, 6.07) is 2.63. The molecule has 0 spiro atoms. The predicted octanol–water partition coefficient (Wildman–Crippen LogP) is 3.12. The third-order valence-corrected chi connectivity index (χ3v) is 4.91. The summed E-state index contributed by atoms with van der Waals surface area (Å²) in [5, 5.41) is 8.84. The topological polar surface area (TPSA) is 42.2 Å². The van der Waals surface area contributed by atoms with Crippen LogP contribution in [0.4, 0.5) is 5.82 Å². The van der Waals surface area contributed by atoms with Gasteiger partial charge in [0.25, 0.3) is 0 Å². The Bertz CT molecular complexity index is 566. The summed E-state index contributed by atoms with van der Waals surface area (Å²) >= 11 is 1.99. The van der Waals surface area contributed by atoms with Crippen molar-refractivity contribution in [3.63, 3.8) is 0 Å². The lowest BCUT2D eigenvalue weighted by molar-refractivity contribution is 0.473. The molecule has 102 valence electrons. The van der Waals surface area contributed by atoms with Gasteiger partial charge in [-0.05, 0) is 38.5 Å². The lowest BCUT2D eigenvalue weighted by Crippen LogP contribution is -2.29. The Balaban J connectivity index is 1.81. The fraction of sp³-hybridized carbons (Fsp3) is 0.571. The van der Waals surface area contributed by atoms with Gasteiger partial charge in [0.15, 0.2) is 5.82 Å².